The number of rotatable bonds is 0. The molecule has 4 N–H and O–H groups in total. The second-order valence-electron chi connectivity index (χ2n) is 4.23. The van der Waals surface area contributed by atoms with Gasteiger partial charge in [0.1, 0.15) is 5.97 Å². The van der Waals surface area contributed by atoms with Gasteiger partial charge < -0.3 is 15.2 Å². The van der Waals surface area contributed by atoms with Crippen molar-refractivity contribution in [2.75, 3.05) is 19.6 Å². The van der Waals surface area contributed by atoms with Crippen LogP contribution in [0.15, 0.2) is 0 Å². The number of halogens is 3. The Morgan fingerprint density at radius 3 is 2.12 bits per heavy atom. The highest BCUT2D eigenvalue weighted by Crippen LogP contribution is 2.21. The summed E-state index contributed by atoms with van der Waals surface area (Å²) in [5.74, 6) is -3.01. The number of carboxylic acid groups (broad SMARTS) is 1. The maximum Gasteiger partial charge on any atom is 0.430 e. The second kappa shape index (κ2) is 5.65. The number of hydrogen-bond donors (Lipinski definition) is 3. The van der Waals surface area contributed by atoms with E-state index in [1.807, 2.05) is 0 Å². The Hall–Kier alpha value is -0.860. The first kappa shape index (κ1) is 14.2. The standard InChI is InChI=1S/C7H15N3.C2HF3O2/c1-4-8-5-2-7(1)3-6-9-10-7;3-2(4,5)1(6)7/h8-10H,1-6H2;(H,6,7). The molecule has 2 aliphatic heterocycles. The first-order valence-electron chi connectivity index (χ1n) is 5.46. The summed E-state index contributed by atoms with van der Waals surface area (Å²) >= 11 is 0. The Morgan fingerprint density at radius 2 is 1.76 bits per heavy atom. The van der Waals surface area contributed by atoms with Crippen molar-refractivity contribution in [2.24, 2.45) is 0 Å². The van der Waals surface area contributed by atoms with Crippen LogP contribution < -0.4 is 21.3 Å². The number of carboxylic acids is 1. The molecule has 0 atom stereocenters. The molecule has 0 saturated carbocycles. The van der Waals surface area contributed by atoms with Gasteiger partial charge in [-0.2, -0.15) is 13.2 Å². The molecule has 100 valence electrons. The Kier molecular flexibility index (Phi) is 4.72. The van der Waals surface area contributed by atoms with Crippen molar-refractivity contribution < 1.29 is 28.4 Å². The topological polar surface area (TPSA) is 80.8 Å². The van der Waals surface area contributed by atoms with Gasteiger partial charge in [-0.1, -0.05) is 0 Å². The van der Waals surface area contributed by atoms with Crippen LogP contribution in [0.5, 0.6) is 0 Å². The Bertz CT molecular complexity index is 257. The number of quaternary nitrogens is 1. The van der Waals surface area contributed by atoms with Gasteiger partial charge in [0.2, 0.25) is 0 Å². The zero-order valence-electron chi connectivity index (χ0n) is 9.27. The molecule has 5 nitrogen and oxygen atoms in total. The van der Waals surface area contributed by atoms with E-state index in [0.717, 1.165) is 6.54 Å². The molecule has 0 unspecified atom stereocenters. The Labute approximate surface area is 96.7 Å². The fourth-order valence-corrected chi connectivity index (χ4v) is 2.02. The van der Waals surface area contributed by atoms with Gasteiger partial charge in [0, 0.05) is 24.9 Å². The summed E-state index contributed by atoms with van der Waals surface area (Å²) in [7, 11) is 0. The van der Waals surface area contributed by atoms with Gasteiger partial charge in [0.15, 0.2) is 0 Å². The third-order valence-corrected chi connectivity index (χ3v) is 2.97. The largest absolute Gasteiger partial charge is 0.542 e. The predicted octanol–water partition coefficient (Wildman–Crippen LogP) is -2.12. The van der Waals surface area contributed by atoms with Crippen molar-refractivity contribution in [3.8, 4) is 0 Å². The number of carbonyl (C=O) groups is 1. The average molecular weight is 255 g/mol. The van der Waals surface area contributed by atoms with Crippen LogP contribution in [0.25, 0.3) is 0 Å². The van der Waals surface area contributed by atoms with E-state index >= 15 is 0 Å². The van der Waals surface area contributed by atoms with Crippen LogP contribution >= 0.6 is 0 Å². The smallest absolute Gasteiger partial charge is 0.430 e. The van der Waals surface area contributed by atoms with E-state index in [2.05, 4.69) is 16.2 Å². The maximum atomic E-state index is 10.5. The van der Waals surface area contributed by atoms with Crippen LogP contribution in [0.4, 0.5) is 13.2 Å². The van der Waals surface area contributed by atoms with E-state index in [1.54, 1.807) is 0 Å². The van der Waals surface area contributed by atoms with Crippen molar-refractivity contribution in [2.45, 2.75) is 31.0 Å². The van der Waals surface area contributed by atoms with E-state index in [0.29, 0.717) is 5.54 Å². The molecule has 0 aromatic rings. The molecule has 17 heavy (non-hydrogen) atoms. The molecule has 0 aliphatic carbocycles. The molecule has 2 fully saturated rings. The number of nitrogens with two attached hydrogens (primary N) is 1. The van der Waals surface area contributed by atoms with E-state index in [1.165, 1.54) is 32.4 Å². The quantitative estimate of drug-likeness (QED) is 0.462. The number of hydrazine groups is 1. The first-order valence-corrected chi connectivity index (χ1v) is 5.46. The minimum Gasteiger partial charge on any atom is -0.542 e. The normalized spacial score (nSPS) is 23.0. The maximum absolute atomic E-state index is 10.5. The minimum atomic E-state index is -5.19. The summed E-state index contributed by atoms with van der Waals surface area (Å²) in [6, 6.07) is 0. The summed E-state index contributed by atoms with van der Waals surface area (Å²) < 4.78 is 31.5. The number of alkyl halides is 3. The van der Waals surface area contributed by atoms with Crippen LogP contribution in [0.1, 0.15) is 19.3 Å². The fraction of sp³-hybridized carbons (Fsp3) is 0.889. The van der Waals surface area contributed by atoms with Gasteiger partial charge >= 0.3 is 6.18 Å². The number of nitrogens with one attached hydrogen (secondary N) is 2. The number of hydrogen-bond acceptors (Lipinski definition) is 4. The van der Waals surface area contributed by atoms with E-state index in [9.17, 15) is 13.2 Å². The summed E-state index contributed by atoms with van der Waals surface area (Å²) in [6.07, 6.45) is -1.21. The van der Waals surface area contributed by atoms with Crippen LogP contribution in [-0.4, -0.2) is 37.3 Å². The molecule has 0 aromatic heterocycles. The third-order valence-electron chi connectivity index (χ3n) is 2.97. The molecule has 0 aromatic carbocycles. The van der Waals surface area contributed by atoms with Crippen LogP contribution in [0.3, 0.4) is 0 Å². The van der Waals surface area contributed by atoms with Crippen LogP contribution in [0.2, 0.25) is 0 Å². The molecular formula is C9H16F3N3O2. The lowest BCUT2D eigenvalue weighted by atomic mass is 9.87. The summed E-state index contributed by atoms with van der Waals surface area (Å²) in [5, 5.41) is 11.2. The van der Waals surface area contributed by atoms with Gasteiger partial charge in [0.25, 0.3) is 0 Å². The van der Waals surface area contributed by atoms with Crippen molar-refractivity contribution >= 4 is 5.97 Å². The van der Waals surface area contributed by atoms with Crippen LogP contribution in [0, 0.1) is 0 Å². The summed E-state index contributed by atoms with van der Waals surface area (Å²) in [4.78, 5) is 8.78. The Morgan fingerprint density at radius 1 is 1.24 bits per heavy atom. The zero-order valence-corrected chi connectivity index (χ0v) is 9.27. The highest BCUT2D eigenvalue weighted by molar-refractivity contribution is 5.70. The molecule has 0 radical (unpaired) electrons. The lowest BCUT2D eigenvalue weighted by molar-refractivity contribution is -0.665. The highest BCUT2D eigenvalue weighted by Gasteiger charge is 2.36. The van der Waals surface area contributed by atoms with Gasteiger partial charge in [0.05, 0.1) is 13.1 Å². The number of carbonyl (C=O) groups excluding carboxylic acids is 1. The Balaban J connectivity index is 0.000000185. The summed E-state index contributed by atoms with van der Waals surface area (Å²) in [5.41, 5.74) is 7.10. The first-order chi connectivity index (χ1) is 7.86. The van der Waals surface area contributed by atoms with Crippen LogP contribution in [-0.2, 0) is 4.79 Å². The average Bonchev–Trinajstić information content (AvgIpc) is 2.67. The molecule has 0 bridgehead atoms. The van der Waals surface area contributed by atoms with Gasteiger partial charge in [-0.25, -0.2) is 0 Å². The fourth-order valence-electron chi connectivity index (χ4n) is 2.02. The second-order valence-corrected chi connectivity index (χ2v) is 4.23. The molecular weight excluding hydrogens is 239 g/mol. The zero-order chi connectivity index (χ0) is 12.9. The molecule has 2 heterocycles. The monoisotopic (exact) mass is 255 g/mol. The van der Waals surface area contributed by atoms with Gasteiger partial charge in [-0.3, -0.25) is 10.9 Å². The molecule has 2 saturated heterocycles. The molecule has 2 aliphatic rings. The molecule has 2 rings (SSSR count). The lowest BCUT2D eigenvalue weighted by Gasteiger charge is -2.30. The van der Waals surface area contributed by atoms with E-state index < -0.39 is 12.1 Å². The van der Waals surface area contributed by atoms with Crippen molar-refractivity contribution in [3.63, 3.8) is 0 Å². The molecule has 8 heteroatoms. The van der Waals surface area contributed by atoms with Gasteiger partial charge in [-0.15, -0.1) is 0 Å². The number of aliphatic carboxylic acids is 1. The lowest BCUT2D eigenvalue weighted by Crippen LogP contribution is -2.88. The van der Waals surface area contributed by atoms with Crippen molar-refractivity contribution in [1.82, 2.24) is 10.9 Å². The minimum absolute atomic E-state index is 0.481. The predicted molar refractivity (Wildman–Crippen MR) is 50.4 cm³/mol. The van der Waals surface area contributed by atoms with Crippen molar-refractivity contribution in [1.29, 1.82) is 0 Å². The molecule has 1 spiro atoms. The number of piperidine rings is 1. The summed E-state index contributed by atoms with van der Waals surface area (Å²) in [6.45, 7) is 3.75. The van der Waals surface area contributed by atoms with Crippen molar-refractivity contribution in [3.05, 3.63) is 0 Å². The van der Waals surface area contributed by atoms with E-state index in [-0.39, 0.29) is 0 Å². The van der Waals surface area contributed by atoms with E-state index in [4.69, 9.17) is 9.90 Å². The third kappa shape index (κ3) is 4.49. The highest BCUT2D eigenvalue weighted by atomic mass is 19.4. The SMILES string of the molecule is C1CC2(CC[NH2+]CC2)NN1.O=C([O-])C(F)(F)F. The van der Waals surface area contributed by atoms with Gasteiger partial charge in [-0.05, 0) is 6.42 Å². The molecule has 0 amide bonds.